The summed E-state index contributed by atoms with van der Waals surface area (Å²) >= 11 is 17.6. The van der Waals surface area contributed by atoms with Crippen LogP contribution in [0.2, 0.25) is 10.0 Å². The van der Waals surface area contributed by atoms with Crippen molar-refractivity contribution in [2.75, 3.05) is 17.2 Å². The molecule has 0 fully saturated rings. The largest absolute Gasteiger partial charge is 0.369 e. The maximum atomic E-state index is 6.19. The summed E-state index contributed by atoms with van der Waals surface area (Å²) < 4.78 is 0. The van der Waals surface area contributed by atoms with Crippen LogP contribution in [0.25, 0.3) is 0 Å². The van der Waals surface area contributed by atoms with Gasteiger partial charge in [-0.25, -0.2) is 4.98 Å². The number of pyridine rings is 1. The highest BCUT2D eigenvalue weighted by Gasteiger charge is 2.07. The fraction of sp³-hybridized carbons (Fsp3) is 0.143. The fourth-order valence-corrected chi connectivity index (χ4v) is 3.18. The lowest BCUT2D eigenvalue weighted by Gasteiger charge is -2.14. The quantitative estimate of drug-likeness (QED) is 0.430. The molecule has 3 N–H and O–H groups in total. The van der Waals surface area contributed by atoms with E-state index < -0.39 is 0 Å². The monoisotopic (exact) mass is 430 g/mol. The Labute approximate surface area is 180 Å². The van der Waals surface area contributed by atoms with Crippen molar-refractivity contribution < 1.29 is 0 Å². The maximum absolute atomic E-state index is 6.19. The average Bonchev–Trinajstić information content (AvgIpc) is 2.71. The van der Waals surface area contributed by atoms with Gasteiger partial charge in [0.25, 0.3) is 0 Å². The minimum atomic E-state index is 0.443. The van der Waals surface area contributed by atoms with Crippen LogP contribution in [0.15, 0.2) is 66.9 Å². The van der Waals surface area contributed by atoms with E-state index in [1.807, 2.05) is 42.5 Å². The molecule has 1 heterocycles. The second-order valence-electron chi connectivity index (χ2n) is 6.08. The lowest BCUT2D eigenvalue weighted by Crippen LogP contribution is -2.28. The van der Waals surface area contributed by atoms with Crippen LogP contribution >= 0.6 is 35.4 Å². The van der Waals surface area contributed by atoms with E-state index in [-0.39, 0.29) is 0 Å². The Morgan fingerprint density at radius 1 is 0.964 bits per heavy atom. The summed E-state index contributed by atoms with van der Waals surface area (Å²) in [4.78, 5) is 4.44. The van der Waals surface area contributed by atoms with Crippen molar-refractivity contribution in [1.82, 2.24) is 10.3 Å². The van der Waals surface area contributed by atoms with Crippen LogP contribution in [0, 0.1) is 0 Å². The van der Waals surface area contributed by atoms with Crippen LogP contribution < -0.4 is 16.0 Å². The van der Waals surface area contributed by atoms with Gasteiger partial charge in [-0.1, -0.05) is 65.7 Å². The molecular weight excluding hydrogens is 411 g/mol. The van der Waals surface area contributed by atoms with Crippen LogP contribution in [0.5, 0.6) is 0 Å². The number of benzene rings is 2. The molecule has 7 heteroatoms. The van der Waals surface area contributed by atoms with Gasteiger partial charge in [0.1, 0.15) is 5.82 Å². The first-order valence-electron chi connectivity index (χ1n) is 8.84. The van der Waals surface area contributed by atoms with Gasteiger partial charge < -0.3 is 16.0 Å². The Hall–Kier alpha value is -2.34. The Kier molecular flexibility index (Phi) is 7.48. The first-order valence-corrected chi connectivity index (χ1v) is 10.0. The van der Waals surface area contributed by atoms with E-state index >= 15 is 0 Å². The molecule has 0 atom stereocenters. The standard InChI is InChI=1S/C21H20Cl2N4S/c22-17-9-4-10-18(19(17)23)27-21(28)26-14-16-8-5-12-24-20(16)25-13-11-15-6-2-1-3-7-15/h1-10,12H,11,13-14H2,(H,24,25)(H2,26,27,28). The predicted molar refractivity (Wildman–Crippen MR) is 122 cm³/mol. The SMILES string of the molecule is S=C(NCc1cccnc1NCCc1ccccc1)Nc1cccc(Cl)c1Cl. The van der Waals surface area contributed by atoms with E-state index in [1.54, 1.807) is 12.3 Å². The van der Waals surface area contributed by atoms with Crippen molar-refractivity contribution in [1.29, 1.82) is 0 Å². The van der Waals surface area contributed by atoms with E-state index in [1.165, 1.54) is 5.56 Å². The van der Waals surface area contributed by atoms with Gasteiger partial charge in [0.15, 0.2) is 5.11 Å². The van der Waals surface area contributed by atoms with Crippen molar-refractivity contribution in [3.05, 3.63) is 88.0 Å². The minimum absolute atomic E-state index is 0.443. The molecule has 144 valence electrons. The number of nitrogens with zero attached hydrogens (tertiary/aromatic N) is 1. The number of thiocarbonyl (C=S) groups is 1. The van der Waals surface area contributed by atoms with E-state index in [0.717, 1.165) is 24.3 Å². The molecule has 4 nitrogen and oxygen atoms in total. The molecule has 28 heavy (non-hydrogen) atoms. The van der Waals surface area contributed by atoms with Gasteiger partial charge in [-0.3, -0.25) is 0 Å². The van der Waals surface area contributed by atoms with E-state index in [9.17, 15) is 0 Å². The summed E-state index contributed by atoms with van der Waals surface area (Å²) in [5, 5.41) is 11.0. The molecule has 0 aliphatic rings. The molecule has 3 rings (SSSR count). The summed E-state index contributed by atoms with van der Waals surface area (Å²) in [6.45, 7) is 1.33. The van der Waals surface area contributed by atoms with Crippen molar-refractivity contribution in [3.8, 4) is 0 Å². The highest BCUT2D eigenvalue weighted by molar-refractivity contribution is 7.80. The summed E-state index contributed by atoms with van der Waals surface area (Å²) in [6.07, 6.45) is 2.70. The molecule has 0 saturated heterocycles. The molecule has 3 aromatic rings. The van der Waals surface area contributed by atoms with E-state index in [0.29, 0.717) is 27.4 Å². The number of hydrogen-bond donors (Lipinski definition) is 3. The highest BCUT2D eigenvalue weighted by Crippen LogP contribution is 2.29. The van der Waals surface area contributed by atoms with Gasteiger partial charge in [0, 0.05) is 24.8 Å². The van der Waals surface area contributed by atoms with Crippen LogP contribution in [0.1, 0.15) is 11.1 Å². The summed E-state index contributed by atoms with van der Waals surface area (Å²) in [5.41, 5.74) is 2.98. The molecule has 1 aromatic heterocycles. The first kappa shape index (κ1) is 20.4. The highest BCUT2D eigenvalue weighted by atomic mass is 35.5. The predicted octanol–water partition coefficient (Wildman–Crippen LogP) is 5.53. The third-order valence-corrected chi connectivity index (χ3v) is 5.14. The molecule has 0 aliphatic carbocycles. The lowest BCUT2D eigenvalue weighted by atomic mass is 10.1. The smallest absolute Gasteiger partial charge is 0.171 e. The molecule has 0 aliphatic heterocycles. The second-order valence-corrected chi connectivity index (χ2v) is 7.28. The van der Waals surface area contributed by atoms with E-state index in [2.05, 4.69) is 33.1 Å². The van der Waals surface area contributed by atoms with E-state index in [4.69, 9.17) is 35.4 Å². The van der Waals surface area contributed by atoms with Crippen molar-refractivity contribution in [3.63, 3.8) is 0 Å². The summed E-state index contributed by atoms with van der Waals surface area (Å²) in [5.74, 6) is 0.842. The number of nitrogens with one attached hydrogen (secondary N) is 3. The molecule has 2 aromatic carbocycles. The Morgan fingerprint density at radius 2 is 1.79 bits per heavy atom. The van der Waals surface area contributed by atoms with Crippen LogP contribution in [0.4, 0.5) is 11.5 Å². The zero-order chi connectivity index (χ0) is 19.8. The molecule has 0 spiro atoms. The Morgan fingerprint density at radius 3 is 2.61 bits per heavy atom. The van der Waals surface area contributed by atoms with Crippen molar-refractivity contribution in [2.45, 2.75) is 13.0 Å². The van der Waals surface area contributed by atoms with Gasteiger partial charge in [-0.05, 0) is 42.4 Å². The number of rotatable bonds is 7. The van der Waals surface area contributed by atoms with Gasteiger partial charge in [-0.15, -0.1) is 0 Å². The molecule has 0 amide bonds. The van der Waals surface area contributed by atoms with Gasteiger partial charge in [0.2, 0.25) is 0 Å². The zero-order valence-electron chi connectivity index (χ0n) is 15.1. The molecular formula is C21H20Cl2N4S. The van der Waals surface area contributed by atoms with Crippen molar-refractivity contribution in [2.24, 2.45) is 0 Å². The lowest BCUT2D eigenvalue weighted by molar-refractivity contribution is 0.908. The maximum Gasteiger partial charge on any atom is 0.171 e. The third kappa shape index (κ3) is 5.83. The molecule has 0 radical (unpaired) electrons. The van der Waals surface area contributed by atoms with Crippen LogP contribution in [-0.2, 0) is 13.0 Å². The van der Waals surface area contributed by atoms with Crippen LogP contribution in [-0.4, -0.2) is 16.6 Å². The third-order valence-electron chi connectivity index (χ3n) is 4.08. The minimum Gasteiger partial charge on any atom is -0.369 e. The van der Waals surface area contributed by atoms with Crippen molar-refractivity contribution >= 4 is 52.0 Å². The van der Waals surface area contributed by atoms with Gasteiger partial charge in [0.05, 0.1) is 15.7 Å². The average molecular weight is 431 g/mol. The van der Waals surface area contributed by atoms with Gasteiger partial charge in [-0.2, -0.15) is 0 Å². The summed E-state index contributed by atoms with van der Waals surface area (Å²) in [6, 6.07) is 19.6. The molecule has 0 saturated carbocycles. The number of aromatic nitrogens is 1. The first-order chi connectivity index (χ1) is 13.6. The molecule has 0 unspecified atom stereocenters. The second kappa shape index (κ2) is 10.3. The Bertz CT molecular complexity index is 935. The number of hydrogen-bond acceptors (Lipinski definition) is 3. The zero-order valence-corrected chi connectivity index (χ0v) is 17.4. The van der Waals surface area contributed by atoms with Gasteiger partial charge >= 0.3 is 0 Å². The normalized spacial score (nSPS) is 10.4. The number of anilines is 2. The number of halogens is 2. The Balaban J connectivity index is 1.54. The summed E-state index contributed by atoms with van der Waals surface area (Å²) in [7, 11) is 0. The fourth-order valence-electron chi connectivity index (χ4n) is 2.65. The molecule has 0 bridgehead atoms. The van der Waals surface area contributed by atoms with Crippen LogP contribution in [0.3, 0.4) is 0 Å². The topological polar surface area (TPSA) is 49.0 Å².